The third kappa shape index (κ3) is 3.93. The number of hydrogen-bond acceptors (Lipinski definition) is 4. The molecule has 4 rings (SSSR count). The molecule has 0 saturated heterocycles. The normalized spacial score (nSPS) is 10.5. The number of nitrogens with one attached hydrogen (secondary N) is 1. The summed E-state index contributed by atoms with van der Waals surface area (Å²) in [6.45, 7) is 4.42. The van der Waals surface area contributed by atoms with Crippen LogP contribution in [0.5, 0.6) is 0 Å². The van der Waals surface area contributed by atoms with Crippen LogP contribution >= 0.6 is 0 Å². The van der Waals surface area contributed by atoms with Crippen LogP contribution in [0.4, 0.5) is 5.69 Å². The molecular formula is C24H21N5O. The predicted molar refractivity (Wildman–Crippen MR) is 117 cm³/mol. The minimum atomic E-state index is -0.186. The Balaban J connectivity index is 1.59. The summed E-state index contributed by atoms with van der Waals surface area (Å²) in [4.78, 5) is 17.0. The average Bonchev–Trinajstić information content (AvgIpc) is 3.16. The van der Waals surface area contributed by atoms with Gasteiger partial charge in [0.1, 0.15) is 5.69 Å². The Labute approximate surface area is 174 Å². The number of fused-ring (bicyclic) bond motifs is 1. The molecule has 30 heavy (non-hydrogen) atoms. The van der Waals surface area contributed by atoms with Crippen LogP contribution in [0.1, 0.15) is 38.3 Å². The number of carbonyl (C=O) groups excluding carboxylic acids is 1. The zero-order chi connectivity index (χ0) is 21.1. The molecule has 4 aromatic rings. The first kappa shape index (κ1) is 19.4. The van der Waals surface area contributed by atoms with Crippen molar-refractivity contribution in [2.75, 3.05) is 5.32 Å². The van der Waals surface area contributed by atoms with Gasteiger partial charge in [0, 0.05) is 29.6 Å². The van der Waals surface area contributed by atoms with Crippen LogP contribution in [0, 0.1) is 25.7 Å². The van der Waals surface area contributed by atoms with E-state index >= 15 is 0 Å². The van der Waals surface area contributed by atoms with Crippen LogP contribution < -0.4 is 11.1 Å². The van der Waals surface area contributed by atoms with E-state index < -0.39 is 0 Å². The van der Waals surface area contributed by atoms with E-state index in [2.05, 4.69) is 27.2 Å². The van der Waals surface area contributed by atoms with E-state index in [0.29, 0.717) is 17.8 Å². The first-order chi connectivity index (χ1) is 14.5. The van der Waals surface area contributed by atoms with Crippen LogP contribution in [0.2, 0.25) is 0 Å². The van der Waals surface area contributed by atoms with Gasteiger partial charge in [-0.05, 0) is 72.9 Å². The Kier molecular flexibility index (Phi) is 5.29. The summed E-state index contributed by atoms with van der Waals surface area (Å²) in [5.41, 5.74) is 12.3. The summed E-state index contributed by atoms with van der Waals surface area (Å²) in [6, 6.07) is 14.9. The third-order valence-corrected chi connectivity index (χ3v) is 4.92. The van der Waals surface area contributed by atoms with E-state index in [0.717, 1.165) is 33.6 Å². The van der Waals surface area contributed by atoms with E-state index in [-0.39, 0.29) is 5.91 Å². The molecule has 0 saturated carbocycles. The molecule has 1 amide bonds. The largest absolute Gasteiger partial charge is 0.326 e. The molecule has 0 fully saturated rings. The van der Waals surface area contributed by atoms with E-state index in [1.54, 1.807) is 29.0 Å². The fourth-order valence-electron chi connectivity index (χ4n) is 3.15. The van der Waals surface area contributed by atoms with Crippen molar-refractivity contribution >= 4 is 17.2 Å². The highest BCUT2D eigenvalue weighted by Gasteiger charge is 2.09. The number of hydrogen-bond donors (Lipinski definition) is 2. The summed E-state index contributed by atoms with van der Waals surface area (Å²) in [5.74, 6) is 6.07. The van der Waals surface area contributed by atoms with Gasteiger partial charge in [-0.15, -0.1) is 0 Å². The number of benzene rings is 2. The van der Waals surface area contributed by atoms with Crippen molar-refractivity contribution in [3.05, 3.63) is 94.4 Å². The Morgan fingerprint density at radius 2 is 1.97 bits per heavy atom. The highest BCUT2D eigenvalue weighted by Crippen LogP contribution is 2.17. The number of carbonyl (C=O) groups is 1. The van der Waals surface area contributed by atoms with Crippen molar-refractivity contribution in [1.82, 2.24) is 14.6 Å². The number of amides is 1. The van der Waals surface area contributed by atoms with E-state index in [9.17, 15) is 4.79 Å². The Morgan fingerprint density at radius 3 is 2.77 bits per heavy atom. The average molecular weight is 395 g/mol. The number of imidazole rings is 1. The second-order valence-electron chi connectivity index (χ2n) is 7.02. The summed E-state index contributed by atoms with van der Waals surface area (Å²) in [5, 5.41) is 7.21. The van der Waals surface area contributed by atoms with Gasteiger partial charge in [-0.25, -0.2) is 9.50 Å². The lowest BCUT2D eigenvalue weighted by atomic mass is 10.0. The monoisotopic (exact) mass is 395 g/mol. The topological polar surface area (TPSA) is 85.3 Å². The molecule has 6 nitrogen and oxygen atoms in total. The summed E-state index contributed by atoms with van der Waals surface area (Å²) < 4.78 is 1.69. The van der Waals surface area contributed by atoms with Crippen molar-refractivity contribution in [3.63, 3.8) is 0 Å². The molecular weight excluding hydrogens is 374 g/mol. The Bertz CT molecular complexity index is 1310. The lowest BCUT2D eigenvalue weighted by molar-refractivity contribution is 0.102. The van der Waals surface area contributed by atoms with Crippen LogP contribution in [0.15, 0.2) is 60.9 Å². The van der Waals surface area contributed by atoms with Crippen molar-refractivity contribution in [2.45, 2.75) is 20.4 Å². The molecule has 0 aliphatic carbocycles. The number of aryl methyl sites for hydroxylation is 2. The van der Waals surface area contributed by atoms with Crippen LogP contribution in [0.25, 0.3) is 5.65 Å². The SMILES string of the molecule is Cc1ccc(C(=O)Nc2ccc(CN)c(C)c2)cc1C#Cc1cnc2cccnn12. The van der Waals surface area contributed by atoms with Gasteiger partial charge in [-0.2, -0.15) is 5.10 Å². The van der Waals surface area contributed by atoms with Crippen LogP contribution in [0.3, 0.4) is 0 Å². The molecule has 2 aromatic heterocycles. The fraction of sp³-hybridized carbons (Fsp3) is 0.125. The second-order valence-corrected chi connectivity index (χ2v) is 7.02. The smallest absolute Gasteiger partial charge is 0.255 e. The van der Waals surface area contributed by atoms with Gasteiger partial charge in [0.2, 0.25) is 0 Å². The van der Waals surface area contributed by atoms with E-state index in [1.165, 1.54) is 0 Å². The summed E-state index contributed by atoms with van der Waals surface area (Å²) in [6.07, 6.45) is 3.38. The van der Waals surface area contributed by atoms with E-state index in [1.807, 2.05) is 50.2 Å². The first-order valence-corrected chi connectivity index (χ1v) is 9.57. The minimum Gasteiger partial charge on any atom is -0.326 e. The molecule has 6 heteroatoms. The fourth-order valence-corrected chi connectivity index (χ4v) is 3.15. The number of aromatic nitrogens is 3. The molecule has 2 aromatic carbocycles. The van der Waals surface area contributed by atoms with Crippen LogP contribution in [-0.2, 0) is 6.54 Å². The highest BCUT2D eigenvalue weighted by molar-refractivity contribution is 6.04. The number of nitrogens with zero attached hydrogens (tertiary/aromatic N) is 3. The molecule has 148 valence electrons. The molecule has 0 bridgehead atoms. The molecule has 0 spiro atoms. The molecule has 0 radical (unpaired) electrons. The predicted octanol–water partition coefficient (Wildman–Crippen LogP) is 3.46. The number of anilines is 1. The molecule has 2 heterocycles. The number of nitrogens with two attached hydrogens (primary N) is 1. The molecule has 3 N–H and O–H groups in total. The lowest BCUT2D eigenvalue weighted by Gasteiger charge is -2.09. The number of rotatable bonds is 3. The van der Waals surface area contributed by atoms with Crippen molar-refractivity contribution in [2.24, 2.45) is 5.73 Å². The minimum absolute atomic E-state index is 0.186. The van der Waals surface area contributed by atoms with Crippen LogP contribution in [-0.4, -0.2) is 20.5 Å². The molecule has 0 aliphatic heterocycles. The Morgan fingerprint density at radius 1 is 1.10 bits per heavy atom. The van der Waals surface area contributed by atoms with Gasteiger partial charge >= 0.3 is 0 Å². The zero-order valence-corrected chi connectivity index (χ0v) is 16.8. The van der Waals surface area contributed by atoms with Gasteiger partial charge in [0.25, 0.3) is 5.91 Å². The second kappa shape index (κ2) is 8.19. The van der Waals surface area contributed by atoms with Gasteiger partial charge in [-0.3, -0.25) is 4.79 Å². The van der Waals surface area contributed by atoms with Crippen molar-refractivity contribution in [3.8, 4) is 11.8 Å². The summed E-state index contributed by atoms with van der Waals surface area (Å²) >= 11 is 0. The van der Waals surface area contributed by atoms with Crippen molar-refractivity contribution in [1.29, 1.82) is 0 Å². The van der Waals surface area contributed by atoms with Gasteiger partial charge < -0.3 is 11.1 Å². The molecule has 0 atom stereocenters. The first-order valence-electron chi connectivity index (χ1n) is 9.57. The van der Waals surface area contributed by atoms with Gasteiger partial charge in [0.05, 0.1) is 6.20 Å². The quantitative estimate of drug-likeness (QED) is 0.520. The maximum atomic E-state index is 12.7. The lowest BCUT2D eigenvalue weighted by Crippen LogP contribution is -2.12. The van der Waals surface area contributed by atoms with E-state index in [4.69, 9.17) is 5.73 Å². The van der Waals surface area contributed by atoms with Gasteiger partial charge in [0.15, 0.2) is 5.65 Å². The highest BCUT2D eigenvalue weighted by atomic mass is 16.1. The molecule has 0 unspecified atom stereocenters. The maximum absolute atomic E-state index is 12.7. The van der Waals surface area contributed by atoms with Gasteiger partial charge in [-0.1, -0.05) is 18.1 Å². The standard InChI is InChI=1S/C24H21N5O/c1-16-5-6-19(24(30)28-21-9-7-20(14-25)17(2)12-21)13-18(16)8-10-22-15-26-23-4-3-11-27-29(22)23/h3-7,9,11-13,15H,14,25H2,1-2H3,(H,28,30). The maximum Gasteiger partial charge on any atom is 0.255 e. The zero-order valence-electron chi connectivity index (χ0n) is 16.8. The molecule has 0 aliphatic rings. The summed E-state index contributed by atoms with van der Waals surface area (Å²) in [7, 11) is 0. The third-order valence-electron chi connectivity index (χ3n) is 4.92. The Hall–Kier alpha value is -3.95. The van der Waals surface area contributed by atoms with Crippen molar-refractivity contribution < 1.29 is 4.79 Å².